The van der Waals surface area contributed by atoms with E-state index in [1.165, 1.54) is 6.92 Å². The van der Waals surface area contributed by atoms with Gasteiger partial charge in [0.1, 0.15) is 11.5 Å². The maximum atomic E-state index is 11.9. The zero-order valence-electron chi connectivity index (χ0n) is 12.8. The minimum absolute atomic E-state index is 0.0913. The number of hydrogen-bond acceptors (Lipinski definition) is 5. The fourth-order valence-corrected chi connectivity index (χ4v) is 2.51. The van der Waals surface area contributed by atoms with E-state index < -0.39 is 20.0 Å². The smallest absolute Gasteiger partial charge is 0.402 e. The second-order valence-corrected chi connectivity index (χ2v) is 6.85. The summed E-state index contributed by atoms with van der Waals surface area (Å²) in [6, 6.07) is 5.94. The van der Waals surface area contributed by atoms with E-state index in [2.05, 4.69) is 0 Å². The quantitative estimate of drug-likeness (QED) is 0.529. The summed E-state index contributed by atoms with van der Waals surface area (Å²) in [6.45, 7) is 3.14. The zero-order chi connectivity index (χ0) is 16.8. The van der Waals surface area contributed by atoms with Crippen LogP contribution in [0.5, 0.6) is 5.75 Å². The topological polar surface area (TPSA) is 98.8 Å². The van der Waals surface area contributed by atoms with Gasteiger partial charge in [-0.3, -0.25) is 4.79 Å². The Balaban J connectivity index is 2.59. The van der Waals surface area contributed by atoms with Gasteiger partial charge < -0.3 is 19.9 Å². The molecule has 0 heterocycles. The molecule has 0 saturated carbocycles. The lowest BCUT2D eigenvalue weighted by atomic mass is 10.0. The lowest BCUT2D eigenvalue weighted by Gasteiger charge is -2.16. The fourth-order valence-electron chi connectivity index (χ4n) is 1.56. The molecule has 1 aromatic carbocycles. The number of carbonyl (C=O) groups excluding carboxylic acids is 1. The molecule has 0 aliphatic rings. The number of Topliss-reactive ketones (excluding diaryl/α,β-unsaturated/α-hetero) is 1. The van der Waals surface area contributed by atoms with E-state index in [1.54, 1.807) is 31.2 Å². The van der Waals surface area contributed by atoms with E-state index in [1.807, 2.05) is 0 Å². The van der Waals surface area contributed by atoms with Gasteiger partial charge in [0.2, 0.25) is 0 Å². The Labute approximate surface area is 131 Å². The molecule has 3 atom stereocenters. The molecule has 120 valence electrons. The SMILES string of the molecule is [B]CC(C)OCP(=O)(O)Oc1ccc(CC(N)C(C)=O)cc1. The first-order valence-electron chi connectivity index (χ1n) is 6.91. The van der Waals surface area contributed by atoms with Gasteiger partial charge in [0.15, 0.2) is 6.35 Å². The summed E-state index contributed by atoms with van der Waals surface area (Å²) in [5.41, 5.74) is 6.52. The predicted molar refractivity (Wildman–Crippen MR) is 85.2 cm³/mol. The Hall–Kier alpha value is -1.14. The van der Waals surface area contributed by atoms with Gasteiger partial charge >= 0.3 is 7.60 Å². The van der Waals surface area contributed by atoms with E-state index >= 15 is 0 Å². The van der Waals surface area contributed by atoms with Crippen LogP contribution in [0.15, 0.2) is 24.3 Å². The second kappa shape index (κ2) is 8.49. The molecule has 6 nitrogen and oxygen atoms in total. The van der Waals surface area contributed by atoms with Gasteiger partial charge in [-0.1, -0.05) is 18.5 Å². The highest BCUT2D eigenvalue weighted by Crippen LogP contribution is 2.42. The number of hydrogen-bond donors (Lipinski definition) is 2. The summed E-state index contributed by atoms with van der Waals surface area (Å²) >= 11 is 0. The molecule has 0 saturated heterocycles. The molecule has 0 aliphatic heterocycles. The van der Waals surface area contributed by atoms with Crippen molar-refractivity contribution in [1.82, 2.24) is 0 Å². The van der Waals surface area contributed by atoms with Gasteiger partial charge in [-0.2, -0.15) is 0 Å². The summed E-state index contributed by atoms with van der Waals surface area (Å²) in [6.07, 6.45) is -0.0868. The lowest BCUT2D eigenvalue weighted by Crippen LogP contribution is -2.30. The summed E-state index contributed by atoms with van der Waals surface area (Å²) in [7, 11) is 1.46. The van der Waals surface area contributed by atoms with Gasteiger partial charge in [-0.25, -0.2) is 4.57 Å². The van der Waals surface area contributed by atoms with E-state index in [-0.39, 0.29) is 24.0 Å². The second-order valence-electron chi connectivity index (χ2n) is 5.14. The van der Waals surface area contributed by atoms with Crippen molar-refractivity contribution >= 4 is 21.2 Å². The summed E-state index contributed by atoms with van der Waals surface area (Å²) in [5.74, 6) is 0.154. The van der Waals surface area contributed by atoms with Crippen molar-refractivity contribution in [3.63, 3.8) is 0 Å². The average Bonchev–Trinajstić information content (AvgIpc) is 2.46. The molecule has 3 unspecified atom stereocenters. The Morgan fingerprint density at radius 1 is 1.41 bits per heavy atom. The predicted octanol–water partition coefficient (Wildman–Crippen LogP) is 1.66. The zero-order valence-corrected chi connectivity index (χ0v) is 13.7. The number of ketones is 1. The summed E-state index contributed by atoms with van der Waals surface area (Å²) in [4.78, 5) is 20.8. The third-order valence-electron chi connectivity index (χ3n) is 3.00. The first-order valence-corrected chi connectivity index (χ1v) is 8.68. The van der Waals surface area contributed by atoms with Crippen LogP contribution in [0.25, 0.3) is 0 Å². The Morgan fingerprint density at radius 2 is 2.00 bits per heavy atom. The molecular weight excluding hydrogens is 304 g/mol. The first-order chi connectivity index (χ1) is 10.2. The molecule has 0 fully saturated rings. The first kappa shape index (κ1) is 18.9. The number of benzene rings is 1. The fraction of sp³-hybridized carbons (Fsp3) is 0.500. The molecule has 2 radical (unpaired) electrons. The Bertz CT molecular complexity index is 537. The van der Waals surface area contributed by atoms with E-state index in [0.29, 0.717) is 6.42 Å². The molecule has 3 N–H and O–H groups in total. The lowest BCUT2D eigenvalue weighted by molar-refractivity contribution is -0.118. The van der Waals surface area contributed by atoms with E-state index in [9.17, 15) is 14.3 Å². The highest BCUT2D eigenvalue weighted by atomic mass is 31.2. The number of carbonyl (C=O) groups is 1. The van der Waals surface area contributed by atoms with Gasteiger partial charge in [-0.15, -0.1) is 0 Å². The van der Waals surface area contributed by atoms with Crippen molar-refractivity contribution in [3.8, 4) is 5.75 Å². The minimum Gasteiger partial charge on any atom is -0.423 e. The largest absolute Gasteiger partial charge is 0.423 e. The third kappa shape index (κ3) is 6.75. The van der Waals surface area contributed by atoms with Crippen molar-refractivity contribution in [2.45, 2.75) is 38.7 Å². The highest BCUT2D eigenvalue weighted by Gasteiger charge is 2.22. The van der Waals surface area contributed by atoms with E-state index in [0.717, 1.165) is 5.56 Å². The van der Waals surface area contributed by atoms with Gasteiger partial charge in [0.05, 0.1) is 13.9 Å². The normalized spacial score (nSPS) is 16.5. The van der Waals surface area contributed by atoms with Gasteiger partial charge in [-0.05, 0) is 38.0 Å². The van der Waals surface area contributed by atoms with Crippen molar-refractivity contribution in [2.24, 2.45) is 5.73 Å². The molecule has 0 aromatic heterocycles. The van der Waals surface area contributed by atoms with Crippen LogP contribution in [0.2, 0.25) is 6.32 Å². The maximum absolute atomic E-state index is 11.9. The van der Waals surface area contributed by atoms with Gasteiger partial charge in [0, 0.05) is 6.10 Å². The molecule has 0 bridgehead atoms. The van der Waals surface area contributed by atoms with Crippen molar-refractivity contribution < 1.29 is 23.5 Å². The molecule has 8 heteroatoms. The standard InChI is InChI=1S/C14H21BNO5P/c1-10(8-15)20-9-22(18,19)21-13-5-3-12(4-6-13)7-14(16)11(2)17/h3-6,10,14H,7-9,16H2,1-2H3,(H,18,19). The summed E-state index contributed by atoms with van der Waals surface area (Å²) < 4.78 is 22.0. The van der Waals surface area contributed by atoms with Crippen LogP contribution in [0.1, 0.15) is 19.4 Å². The number of rotatable bonds is 9. The van der Waals surface area contributed by atoms with E-state index in [4.69, 9.17) is 22.8 Å². The molecule has 0 spiro atoms. The monoisotopic (exact) mass is 325 g/mol. The summed E-state index contributed by atoms with van der Waals surface area (Å²) in [5, 5.41) is 0. The van der Waals surface area contributed by atoms with Crippen molar-refractivity contribution in [1.29, 1.82) is 0 Å². The van der Waals surface area contributed by atoms with Crippen LogP contribution >= 0.6 is 7.60 Å². The van der Waals surface area contributed by atoms with Crippen molar-refractivity contribution in [3.05, 3.63) is 29.8 Å². The maximum Gasteiger partial charge on any atom is 0.402 e. The number of nitrogens with two attached hydrogens (primary N) is 1. The van der Waals surface area contributed by atoms with Crippen LogP contribution in [-0.4, -0.2) is 37.0 Å². The average molecular weight is 325 g/mol. The molecule has 1 aromatic rings. The van der Waals surface area contributed by atoms with Crippen LogP contribution in [0.4, 0.5) is 0 Å². The minimum atomic E-state index is -3.90. The Kier molecular flexibility index (Phi) is 7.29. The van der Waals surface area contributed by atoms with Crippen LogP contribution < -0.4 is 10.3 Å². The Morgan fingerprint density at radius 3 is 2.50 bits per heavy atom. The molecule has 1 rings (SSSR count). The van der Waals surface area contributed by atoms with Crippen LogP contribution in [-0.2, 0) is 20.5 Å². The molecule has 0 aliphatic carbocycles. The number of ether oxygens (including phenoxy) is 1. The molecular formula is C14H21BNO5P. The third-order valence-corrected chi connectivity index (χ3v) is 3.97. The van der Waals surface area contributed by atoms with Crippen LogP contribution in [0.3, 0.4) is 0 Å². The van der Waals surface area contributed by atoms with Crippen molar-refractivity contribution in [2.75, 3.05) is 6.35 Å². The van der Waals surface area contributed by atoms with Gasteiger partial charge in [0.25, 0.3) is 0 Å². The van der Waals surface area contributed by atoms with Crippen LogP contribution in [0, 0.1) is 0 Å². The molecule has 0 amide bonds. The highest BCUT2D eigenvalue weighted by molar-refractivity contribution is 7.53. The molecule has 22 heavy (non-hydrogen) atoms.